The molecule has 3 rings (SSSR count). The van der Waals surface area contributed by atoms with Gasteiger partial charge in [-0.3, -0.25) is 0 Å². The number of benzene rings is 1. The minimum atomic E-state index is 0.540. The Hall–Kier alpha value is -2.43. The Bertz CT molecular complexity index is 755. The molecule has 0 saturated heterocycles. The average Bonchev–Trinajstić information content (AvgIpc) is 2.93. The molecule has 0 aliphatic rings. The summed E-state index contributed by atoms with van der Waals surface area (Å²) in [6.07, 6.45) is 1.52. The van der Waals surface area contributed by atoms with E-state index in [-0.39, 0.29) is 0 Å². The number of methoxy groups -OCH3 is 1. The van der Waals surface area contributed by atoms with E-state index >= 15 is 0 Å². The molecule has 5 nitrogen and oxygen atoms in total. The summed E-state index contributed by atoms with van der Waals surface area (Å²) >= 11 is 0. The van der Waals surface area contributed by atoms with Gasteiger partial charge in [-0.05, 0) is 25.1 Å². The highest BCUT2D eigenvalue weighted by atomic mass is 16.5. The Morgan fingerprint density at radius 3 is 2.79 bits per heavy atom. The van der Waals surface area contributed by atoms with Crippen molar-refractivity contribution in [2.75, 3.05) is 12.8 Å². The lowest BCUT2D eigenvalue weighted by Gasteiger charge is -2.01. The lowest BCUT2D eigenvalue weighted by Crippen LogP contribution is -1.91. The van der Waals surface area contributed by atoms with Crippen molar-refractivity contribution in [2.45, 2.75) is 6.92 Å². The van der Waals surface area contributed by atoms with Crippen molar-refractivity contribution in [1.29, 1.82) is 0 Å². The number of nitrogens with zero attached hydrogens (tertiary/aromatic N) is 2. The first-order chi connectivity index (χ1) is 9.13. The van der Waals surface area contributed by atoms with Crippen LogP contribution in [-0.4, -0.2) is 16.8 Å². The van der Waals surface area contributed by atoms with Gasteiger partial charge in [0.05, 0.1) is 18.9 Å². The maximum absolute atomic E-state index is 5.92. The maximum atomic E-state index is 5.92. The van der Waals surface area contributed by atoms with Gasteiger partial charge in [-0.1, -0.05) is 5.16 Å². The normalized spacial score (nSPS) is 11.1. The number of nitrogen functional groups attached to an aromatic ring is 1. The Morgan fingerprint density at radius 1 is 1.37 bits per heavy atom. The first-order valence-electron chi connectivity index (χ1n) is 5.97. The van der Waals surface area contributed by atoms with Gasteiger partial charge in [-0.25, -0.2) is 0 Å². The molecule has 0 atom stereocenters. The third kappa shape index (κ3) is 1.58. The number of ether oxygens (including phenoxy) is 1. The zero-order valence-corrected chi connectivity index (χ0v) is 11.1. The number of fused-ring (bicyclic) bond motifs is 1. The molecule has 3 aromatic rings. The zero-order valence-electron chi connectivity index (χ0n) is 11.1. The SMILES string of the molecule is COc1ccc2c(c1)c(-c1oncc1N)c(C)n2C. The van der Waals surface area contributed by atoms with Gasteiger partial charge in [0, 0.05) is 23.6 Å². The molecule has 0 unspecified atom stereocenters. The summed E-state index contributed by atoms with van der Waals surface area (Å²) in [4.78, 5) is 0. The fraction of sp³-hybridized carbons (Fsp3) is 0.214. The monoisotopic (exact) mass is 257 g/mol. The molecule has 19 heavy (non-hydrogen) atoms. The second kappa shape index (κ2) is 4.05. The summed E-state index contributed by atoms with van der Waals surface area (Å²) in [5.41, 5.74) is 9.60. The van der Waals surface area contributed by atoms with E-state index in [1.807, 2.05) is 32.2 Å². The molecule has 0 fully saturated rings. The summed E-state index contributed by atoms with van der Waals surface area (Å²) in [5, 5.41) is 4.80. The van der Waals surface area contributed by atoms with Crippen LogP contribution in [0.2, 0.25) is 0 Å². The number of hydrogen-bond donors (Lipinski definition) is 1. The van der Waals surface area contributed by atoms with Crippen LogP contribution in [-0.2, 0) is 7.05 Å². The van der Waals surface area contributed by atoms with Crippen molar-refractivity contribution in [1.82, 2.24) is 9.72 Å². The van der Waals surface area contributed by atoms with Crippen molar-refractivity contribution < 1.29 is 9.26 Å². The quantitative estimate of drug-likeness (QED) is 0.766. The first-order valence-corrected chi connectivity index (χ1v) is 5.97. The molecule has 0 aliphatic carbocycles. The fourth-order valence-corrected chi connectivity index (χ4v) is 2.40. The van der Waals surface area contributed by atoms with E-state index in [1.54, 1.807) is 7.11 Å². The van der Waals surface area contributed by atoms with Crippen molar-refractivity contribution in [3.8, 4) is 17.1 Å². The van der Waals surface area contributed by atoms with Crippen molar-refractivity contribution in [3.05, 3.63) is 30.1 Å². The van der Waals surface area contributed by atoms with E-state index in [2.05, 4.69) is 9.72 Å². The summed E-state index contributed by atoms with van der Waals surface area (Å²) in [7, 11) is 3.67. The minimum Gasteiger partial charge on any atom is -0.497 e. The number of hydrogen-bond acceptors (Lipinski definition) is 4. The standard InChI is InChI=1S/C14H15N3O2/c1-8-13(14-11(15)7-16-19-14)10-6-9(18-3)4-5-12(10)17(8)2/h4-7H,15H2,1-3H3. The number of aryl methyl sites for hydroxylation is 1. The molecule has 0 bridgehead atoms. The van der Waals surface area contributed by atoms with E-state index in [4.69, 9.17) is 15.0 Å². The summed E-state index contributed by atoms with van der Waals surface area (Å²) in [6.45, 7) is 2.03. The van der Waals surface area contributed by atoms with Gasteiger partial charge in [0.1, 0.15) is 11.4 Å². The summed E-state index contributed by atoms with van der Waals surface area (Å²) < 4.78 is 12.7. The van der Waals surface area contributed by atoms with Crippen molar-refractivity contribution in [3.63, 3.8) is 0 Å². The highest BCUT2D eigenvalue weighted by Gasteiger charge is 2.19. The predicted octanol–water partition coefficient (Wildman–Crippen LogP) is 2.73. The molecule has 5 heteroatoms. The molecule has 1 aromatic carbocycles. The molecular weight excluding hydrogens is 242 g/mol. The van der Waals surface area contributed by atoms with Crippen molar-refractivity contribution >= 4 is 16.6 Å². The van der Waals surface area contributed by atoms with Crippen molar-refractivity contribution in [2.24, 2.45) is 7.05 Å². The van der Waals surface area contributed by atoms with Crippen LogP contribution < -0.4 is 10.5 Å². The zero-order chi connectivity index (χ0) is 13.6. The van der Waals surface area contributed by atoms with Gasteiger partial charge >= 0.3 is 0 Å². The lowest BCUT2D eigenvalue weighted by molar-refractivity contribution is 0.415. The topological polar surface area (TPSA) is 66.2 Å². The number of rotatable bonds is 2. The van der Waals surface area contributed by atoms with Crippen LogP contribution in [0, 0.1) is 6.92 Å². The second-order valence-corrected chi connectivity index (χ2v) is 4.51. The Morgan fingerprint density at radius 2 is 2.16 bits per heavy atom. The van der Waals surface area contributed by atoms with Crippen LogP contribution in [0.4, 0.5) is 5.69 Å². The summed E-state index contributed by atoms with van der Waals surface area (Å²) in [5.74, 6) is 1.41. The van der Waals surface area contributed by atoms with Crippen LogP contribution >= 0.6 is 0 Å². The molecule has 0 amide bonds. The van der Waals surface area contributed by atoms with E-state index in [9.17, 15) is 0 Å². The van der Waals surface area contributed by atoms with Gasteiger partial charge < -0.3 is 19.6 Å². The summed E-state index contributed by atoms with van der Waals surface area (Å²) in [6, 6.07) is 5.95. The van der Waals surface area contributed by atoms with Crippen LogP contribution in [0.25, 0.3) is 22.2 Å². The third-order valence-electron chi connectivity index (χ3n) is 3.52. The lowest BCUT2D eigenvalue weighted by atomic mass is 10.1. The first kappa shape index (κ1) is 11.6. The molecule has 2 aromatic heterocycles. The van der Waals surface area contributed by atoms with E-state index < -0.39 is 0 Å². The second-order valence-electron chi connectivity index (χ2n) is 4.51. The largest absolute Gasteiger partial charge is 0.497 e. The molecule has 0 spiro atoms. The van der Waals surface area contributed by atoms with E-state index in [0.29, 0.717) is 11.4 Å². The van der Waals surface area contributed by atoms with Gasteiger partial charge in [0.25, 0.3) is 0 Å². The van der Waals surface area contributed by atoms with Gasteiger partial charge in [0.2, 0.25) is 0 Å². The van der Waals surface area contributed by atoms with Gasteiger partial charge in [-0.15, -0.1) is 0 Å². The van der Waals surface area contributed by atoms with Crippen LogP contribution in [0.5, 0.6) is 5.75 Å². The number of aromatic nitrogens is 2. The molecule has 0 saturated carbocycles. The molecule has 2 heterocycles. The highest BCUT2D eigenvalue weighted by molar-refractivity contribution is 5.99. The highest BCUT2D eigenvalue weighted by Crippen LogP contribution is 2.38. The number of anilines is 1. The average molecular weight is 257 g/mol. The van der Waals surface area contributed by atoms with Gasteiger partial charge in [0.15, 0.2) is 5.76 Å². The fourth-order valence-electron chi connectivity index (χ4n) is 2.40. The molecule has 2 N–H and O–H groups in total. The van der Waals surface area contributed by atoms with Crippen LogP contribution in [0.1, 0.15) is 5.69 Å². The smallest absolute Gasteiger partial charge is 0.192 e. The predicted molar refractivity (Wildman–Crippen MR) is 74.1 cm³/mol. The maximum Gasteiger partial charge on any atom is 0.192 e. The molecular formula is C14H15N3O2. The van der Waals surface area contributed by atoms with Crippen LogP contribution in [0.15, 0.2) is 28.9 Å². The van der Waals surface area contributed by atoms with E-state index in [0.717, 1.165) is 27.9 Å². The molecule has 0 radical (unpaired) electrons. The number of nitrogens with two attached hydrogens (primary N) is 1. The Balaban J connectivity index is 2.40. The Kier molecular flexibility index (Phi) is 2.48. The minimum absolute atomic E-state index is 0.540. The van der Waals surface area contributed by atoms with Gasteiger partial charge in [-0.2, -0.15) is 0 Å². The molecule has 98 valence electrons. The Labute approximate surface area is 110 Å². The van der Waals surface area contributed by atoms with Crippen LogP contribution in [0.3, 0.4) is 0 Å². The molecule has 0 aliphatic heterocycles. The van der Waals surface area contributed by atoms with E-state index in [1.165, 1.54) is 6.20 Å². The third-order valence-corrected chi connectivity index (χ3v) is 3.52.